The summed E-state index contributed by atoms with van der Waals surface area (Å²) >= 11 is 15.2. The molecular formula is C19H22ClNO7S6. The Bertz CT molecular complexity index is 1210. The number of likely N-dealkylation sites (N-methyl/N-ethyl adjacent to an activating group) is 1. The van der Waals surface area contributed by atoms with Crippen LogP contribution in [-0.4, -0.2) is 62.4 Å². The van der Waals surface area contributed by atoms with Crippen molar-refractivity contribution in [3.05, 3.63) is 28.3 Å². The van der Waals surface area contributed by atoms with Crippen molar-refractivity contribution in [2.75, 3.05) is 26.5 Å². The first-order valence-electron chi connectivity index (χ1n) is 9.56. The molecule has 1 amide bonds. The van der Waals surface area contributed by atoms with E-state index in [1.165, 1.54) is 64.7 Å². The smallest absolute Gasteiger partial charge is 0.259 e. The van der Waals surface area contributed by atoms with Crippen molar-refractivity contribution in [3.8, 4) is 5.75 Å². The first-order valence-corrected chi connectivity index (χ1v) is 16.9. The second-order valence-electron chi connectivity index (χ2n) is 6.86. The summed E-state index contributed by atoms with van der Waals surface area (Å²) in [5.74, 6) is -2.65. The van der Waals surface area contributed by atoms with Crippen LogP contribution in [0.1, 0.15) is 31.7 Å². The van der Waals surface area contributed by atoms with E-state index >= 15 is 0 Å². The number of aliphatic hydroxyl groups excluding tert-OH is 1. The number of benzene rings is 1. The normalized spacial score (nSPS) is 13.4. The van der Waals surface area contributed by atoms with Crippen LogP contribution in [0.25, 0.3) is 5.76 Å². The molecule has 0 spiro atoms. The lowest BCUT2D eigenvalue weighted by atomic mass is 9.90. The van der Waals surface area contributed by atoms with E-state index in [9.17, 15) is 27.9 Å². The molecule has 15 heteroatoms. The average molecular weight is 604 g/mol. The highest BCUT2D eigenvalue weighted by atomic mass is 35.5. The molecule has 1 aliphatic carbocycles. The van der Waals surface area contributed by atoms with Crippen molar-refractivity contribution < 1.29 is 32.6 Å². The fourth-order valence-corrected chi connectivity index (χ4v) is 6.88. The summed E-state index contributed by atoms with van der Waals surface area (Å²) in [5, 5.41) is 10.3. The molecule has 0 heterocycles. The maximum atomic E-state index is 12.4. The van der Waals surface area contributed by atoms with Crippen molar-refractivity contribution in [1.29, 1.82) is 0 Å². The standard InChI is InChI=1S/C19H22ClNO7S.S5/c1-4-29(26,27)14-9-8-11(17(20)19(14)28-10-15(24)21(2)3)18(25)16-12(22)6-5-7-13(16)23;1-3-5-4-2/h8-9,25H,4-7,10H2,1-3H3;. The van der Waals surface area contributed by atoms with Gasteiger partial charge in [0.25, 0.3) is 5.91 Å². The number of aliphatic hydroxyl groups is 1. The predicted molar refractivity (Wildman–Crippen MR) is 144 cm³/mol. The van der Waals surface area contributed by atoms with Crippen LogP contribution in [-0.2, 0) is 73.2 Å². The number of carbonyl (C=O) groups excluding carboxylic acids is 3. The van der Waals surface area contributed by atoms with E-state index in [2.05, 4.69) is 22.4 Å². The van der Waals surface area contributed by atoms with Gasteiger partial charge in [0.15, 0.2) is 33.8 Å². The number of halogens is 1. The molecule has 1 N–H and O–H groups in total. The Morgan fingerprint density at radius 1 is 1.18 bits per heavy atom. The predicted octanol–water partition coefficient (Wildman–Crippen LogP) is 2.18. The Morgan fingerprint density at radius 2 is 1.74 bits per heavy atom. The average Bonchev–Trinajstić information content (AvgIpc) is 2.78. The van der Waals surface area contributed by atoms with Gasteiger partial charge in [0.1, 0.15) is 16.2 Å². The number of rotatable bonds is 6. The SMILES string of the molecule is CCS(=O)(=O)c1ccc(C(O)=C2C(=O)CCCC2=O)c(Cl)c1OCC(=O)N(C)C.S=S=S=S=S. The maximum absolute atomic E-state index is 12.4. The summed E-state index contributed by atoms with van der Waals surface area (Å²) < 4.78 is 30.3. The van der Waals surface area contributed by atoms with Crippen LogP contribution in [0, 0.1) is 0 Å². The summed E-state index contributed by atoms with van der Waals surface area (Å²) in [6, 6.07) is 2.38. The zero-order chi connectivity index (χ0) is 26.1. The lowest BCUT2D eigenvalue weighted by Crippen LogP contribution is -2.28. The molecule has 34 heavy (non-hydrogen) atoms. The number of carbonyl (C=O) groups is 3. The molecule has 0 bridgehead atoms. The summed E-state index contributed by atoms with van der Waals surface area (Å²) in [6.07, 6.45) is 0.633. The van der Waals surface area contributed by atoms with Gasteiger partial charge in [-0.25, -0.2) is 8.42 Å². The minimum absolute atomic E-state index is 0.117. The van der Waals surface area contributed by atoms with Crippen LogP contribution in [0.15, 0.2) is 22.6 Å². The van der Waals surface area contributed by atoms with Gasteiger partial charge in [0, 0.05) is 81.5 Å². The highest BCUT2D eigenvalue weighted by molar-refractivity contribution is 8.59. The fourth-order valence-electron chi connectivity index (χ4n) is 2.74. The highest BCUT2D eigenvalue weighted by Crippen LogP contribution is 2.39. The number of ketones is 2. The highest BCUT2D eigenvalue weighted by Gasteiger charge is 2.30. The third kappa shape index (κ3) is 8.14. The molecule has 1 aromatic carbocycles. The third-order valence-electron chi connectivity index (χ3n) is 4.53. The van der Waals surface area contributed by atoms with Gasteiger partial charge in [0.2, 0.25) is 0 Å². The molecular weight excluding hydrogens is 582 g/mol. The van der Waals surface area contributed by atoms with Crippen molar-refractivity contribution in [2.45, 2.75) is 31.1 Å². The van der Waals surface area contributed by atoms with E-state index in [1.807, 2.05) is 0 Å². The van der Waals surface area contributed by atoms with Gasteiger partial charge in [-0.1, -0.05) is 18.5 Å². The quantitative estimate of drug-likeness (QED) is 0.296. The number of allylic oxidation sites excluding steroid dienone is 1. The van der Waals surface area contributed by atoms with Crippen LogP contribution in [0.2, 0.25) is 5.02 Å². The minimum Gasteiger partial charge on any atom is -0.506 e. The number of sulfone groups is 1. The fraction of sp³-hybridized carbons (Fsp3) is 0.421. The van der Waals surface area contributed by atoms with Gasteiger partial charge in [-0.05, 0) is 18.6 Å². The summed E-state index contributed by atoms with van der Waals surface area (Å²) in [7, 11) is 3.18. The van der Waals surface area contributed by atoms with Gasteiger partial charge in [-0.3, -0.25) is 14.4 Å². The van der Waals surface area contributed by atoms with Gasteiger partial charge in [-0.2, -0.15) is 0 Å². The molecule has 0 aromatic heterocycles. The topological polar surface area (TPSA) is 118 Å². The van der Waals surface area contributed by atoms with Crippen molar-refractivity contribution in [3.63, 3.8) is 0 Å². The molecule has 188 valence electrons. The molecule has 1 aromatic rings. The molecule has 0 atom stereocenters. The maximum Gasteiger partial charge on any atom is 0.259 e. The van der Waals surface area contributed by atoms with Gasteiger partial charge in [0.05, 0.1) is 10.8 Å². The van der Waals surface area contributed by atoms with Crippen molar-refractivity contribution >= 4 is 93.7 Å². The zero-order valence-electron chi connectivity index (χ0n) is 18.4. The molecule has 8 nitrogen and oxygen atoms in total. The number of Topliss-reactive ketones (excluding diaryl/α,β-unsaturated/α-hetero) is 2. The van der Waals surface area contributed by atoms with E-state index in [-0.39, 0.29) is 45.4 Å². The Hall–Kier alpha value is -1.29. The molecule has 1 aliphatic rings. The second kappa shape index (κ2) is 14.3. The third-order valence-corrected chi connectivity index (χ3v) is 11.1. The second-order valence-corrected chi connectivity index (χ2v) is 14.8. The van der Waals surface area contributed by atoms with E-state index < -0.39 is 39.7 Å². The molecule has 1 fully saturated rings. The Morgan fingerprint density at radius 3 is 2.18 bits per heavy atom. The first-order chi connectivity index (χ1) is 15.9. The van der Waals surface area contributed by atoms with Crippen LogP contribution in [0.3, 0.4) is 0 Å². The summed E-state index contributed by atoms with van der Waals surface area (Å²) in [4.78, 5) is 37.1. The monoisotopic (exact) mass is 603 g/mol. The Labute approximate surface area is 221 Å². The number of hydrogen-bond acceptors (Lipinski definition) is 9. The summed E-state index contributed by atoms with van der Waals surface area (Å²) in [6.45, 7) is 0.947. The first kappa shape index (κ1) is 30.7. The van der Waals surface area contributed by atoms with E-state index in [1.54, 1.807) is 0 Å². The zero-order valence-corrected chi connectivity index (χ0v) is 24.0. The lowest BCUT2D eigenvalue weighted by Gasteiger charge is -2.18. The van der Waals surface area contributed by atoms with E-state index in [0.29, 0.717) is 6.42 Å². The molecule has 0 saturated heterocycles. The van der Waals surface area contributed by atoms with E-state index in [0.717, 1.165) is 0 Å². The van der Waals surface area contributed by atoms with Crippen LogP contribution in [0.5, 0.6) is 5.75 Å². The van der Waals surface area contributed by atoms with Gasteiger partial charge < -0.3 is 14.7 Å². The lowest BCUT2D eigenvalue weighted by molar-refractivity contribution is -0.131. The van der Waals surface area contributed by atoms with Crippen LogP contribution in [0.4, 0.5) is 0 Å². The largest absolute Gasteiger partial charge is 0.506 e. The van der Waals surface area contributed by atoms with Crippen molar-refractivity contribution in [2.24, 2.45) is 0 Å². The number of amides is 1. The van der Waals surface area contributed by atoms with Gasteiger partial charge in [-0.15, -0.1) is 0 Å². The van der Waals surface area contributed by atoms with Crippen LogP contribution >= 0.6 is 11.6 Å². The minimum atomic E-state index is -3.77. The summed E-state index contributed by atoms with van der Waals surface area (Å²) in [5.41, 5.74) is -0.479. The molecule has 0 unspecified atom stereocenters. The van der Waals surface area contributed by atoms with E-state index in [4.69, 9.17) is 16.3 Å². The van der Waals surface area contributed by atoms with Crippen molar-refractivity contribution in [1.82, 2.24) is 4.90 Å². The van der Waals surface area contributed by atoms with Gasteiger partial charge >= 0.3 is 0 Å². The Kier molecular flexibility index (Phi) is 12.9. The molecule has 0 radical (unpaired) electrons. The molecule has 1 saturated carbocycles. The Balaban J connectivity index is 0.00000104. The number of nitrogens with zero attached hydrogens (tertiary/aromatic N) is 1. The molecule has 0 aliphatic heterocycles. The number of ether oxygens (including phenoxy) is 1. The molecule has 2 rings (SSSR count). The van der Waals surface area contributed by atoms with Crippen LogP contribution < -0.4 is 4.74 Å². The number of hydrogen-bond donors (Lipinski definition) is 1.